The molecular weight excluding hydrogens is 496 g/mol. The second-order valence-corrected chi connectivity index (χ2v) is 14.2. The molecular formula is C39H82N2. The molecule has 248 valence electrons. The normalized spacial score (nSPS) is 13.5. The minimum Gasteiger partial charge on any atom is -0.309 e. The van der Waals surface area contributed by atoms with E-state index in [1.807, 2.05) is 0 Å². The molecule has 0 aromatic rings. The highest BCUT2D eigenvalue weighted by atomic mass is 15.1. The van der Waals surface area contributed by atoms with E-state index in [2.05, 4.69) is 51.6 Å². The van der Waals surface area contributed by atoms with Crippen LogP contribution >= 0.6 is 0 Å². The third kappa shape index (κ3) is 29.8. The van der Waals surface area contributed by atoms with Crippen LogP contribution in [0, 0.1) is 11.8 Å². The van der Waals surface area contributed by atoms with Gasteiger partial charge in [-0.1, -0.05) is 163 Å². The Labute approximate surface area is 262 Å². The quantitative estimate of drug-likeness (QED) is 0.0700. The highest BCUT2D eigenvalue weighted by Crippen LogP contribution is 2.24. The van der Waals surface area contributed by atoms with Gasteiger partial charge < -0.3 is 9.80 Å². The Bertz CT molecular complexity index is 442. The van der Waals surface area contributed by atoms with Gasteiger partial charge in [-0.25, -0.2) is 0 Å². The van der Waals surface area contributed by atoms with Crippen LogP contribution in [-0.2, 0) is 0 Å². The summed E-state index contributed by atoms with van der Waals surface area (Å²) in [6.45, 7) is 14.8. The lowest BCUT2D eigenvalue weighted by Gasteiger charge is -2.32. The van der Waals surface area contributed by atoms with Crippen LogP contribution in [0.2, 0.25) is 0 Å². The van der Waals surface area contributed by atoms with Crippen LogP contribution in [-0.4, -0.2) is 50.1 Å². The van der Waals surface area contributed by atoms with E-state index < -0.39 is 0 Å². The lowest BCUT2D eigenvalue weighted by molar-refractivity contribution is 0.170. The average molecular weight is 579 g/mol. The van der Waals surface area contributed by atoms with Gasteiger partial charge >= 0.3 is 0 Å². The van der Waals surface area contributed by atoms with Crippen molar-refractivity contribution < 1.29 is 0 Å². The van der Waals surface area contributed by atoms with Gasteiger partial charge in [-0.05, 0) is 77.5 Å². The molecule has 0 heterocycles. The molecule has 0 aliphatic carbocycles. The summed E-state index contributed by atoms with van der Waals surface area (Å²) in [7, 11) is 4.45. The van der Waals surface area contributed by atoms with E-state index >= 15 is 0 Å². The molecule has 0 aromatic carbocycles. The van der Waals surface area contributed by atoms with Crippen molar-refractivity contribution in [2.75, 3.05) is 40.3 Å². The van der Waals surface area contributed by atoms with Crippen LogP contribution in [0.3, 0.4) is 0 Å². The van der Waals surface area contributed by atoms with Crippen LogP contribution in [0.25, 0.3) is 0 Å². The molecule has 2 nitrogen and oxygen atoms in total. The molecule has 0 rings (SSSR count). The SMILES string of the molecule is CCCCCCCCC(CCCCCC)CN(CCCCCN(C)C)CC(CCCCCC)CCCCCCCC. The largest absolute Gasteiger partial charge is 0.309 e. The Balaban J connectivity index is 5.20. The van der Waals surface area contributed by atoms with E-state index in [1.165, 1.54) is 200 Å². The van der Waals surface area contributed by atoms with E-state index in [9.17, 15) is 0 Å². The van der Waals surface area contributed by atoms with Crippen molar-refractivity contribution in [3.63, 3.8) is 0 Å². The summed E-state index contributed by atoms with van der Waals surface area (Å²) in [4.78, 5) is 5.36. The molecule has 2 heteroatoms. The zero-order chi connectivity index (χ0) is 30.2. The number of hydrogen-bond donors (Lipinski definition) is 0. The number of unbranched alkanes of at least 4 members (excludes halogenated alkanes) is 18. The molecule has 0 radical (unpaired) electrons. The van der Waals surface area contributed by atoms with Gasteiger partial charge in [0.15, 0.2) is 0 Å². The van der Waals surface area contributed by atoms with E-state index in [4.69, 9.17) is 0 Å². The van der Waals surface area contributed by atoms with Crippen LogP contribution in [0.5, 0.6) is 0 Å². The third-order valence-electron chi connectivity index (χ3n) is 9.48. The first kappa shape index (κ1) is 40.9. The molecule has 2 unspecified atom stereocenters. The molecule has 41 heavy (non-hydrogen) atoms. The van der Waals surface area contributed by atoms with Gasteiger partial charge in [0, 0.05) is 13.1 Å². The van der Waals surface area contributed by atoms with Crippen molar-refractivity contribution in [1.29, 1.82) is 0 Å². The molecule has 0 aliphatic heterocycles. The molecule has 2 atom stereocenters. The summed E-state index contributed by atoms with van der Waals surface area (Å²) < 4.78 is 0. The zero-order valence-electron chi connectivity index (χ0n) is 30.0. The summed E-state index contributed by atoms with van der Waals surface area (Å²) in [5, 5.41) is 0. The fourth-order valence-corrected chi connectivity index (χ4v) is 6.73. The highest BCUT2D eigenvalue weighted by molar-refractivity contribution is 4.73. The molecule has 0 fully saturated rings. The van der Waals surface area contributed by atoms with Crippen molar-refractivity contribution in [3.8, 4) is 0 Å². The van der Waals surface area contributed by atoms with Crippen LogP contribution in [0.15, 0.2) is 0 Å². The molecule has 0 N–H and O–H groups in total. The summed E-state index contributed by atoms with van der Waals surface area (Å²) in [6, 6.07) is 0. The van der Waals surface area contributed by atoms with Crippen molar-refractivity contribution in [2.24, 2.45) is 11.8 Å². The number of rotatable bonds is 34. The molecule has 0 saturated heterocycles. The minimum atomic E-state index is 0.926. The van der Waals surface area contributed by atoms with Crippen LogP contribution in [0.1, 0.15) is 201 Å². The molecule has 0 aliphatic rings. The first-order chi connectivity index (χ1) is 20.1. The Morgan fingerprint density at radius 2 is 0.634 bits per heavy atom. The van der Waals surface area contributed by atoms with Crippen molar-refractivity contribution in [3.05, 3.63) is 0 Å². The zero-order valence-corrected chi connectivity index (χ0v) is 30.0. The second-order valence-electron chi connectivity index (χ2n) is 14.2. The smallest absolute Gasteiger partial charge is 0.000977 e. The molecule has 0 spiro atoms. The highest BCUT2D eigenvalue weighted by Gasteiger charge is 2.19. The monoisotopic (exact) mass is 579 g/mol. The lowest BCUT2D eigenvalue weighted by atomic mass is 9.91. The first-order valence-corrected chi connectivity index (χ1v) is 19.4. The number of hydrogen-bond acceptors (Lipinski definition) is 2. The molecule has 0 amide bonds. The molecule has 0 aromatic heterocycles. The Hall–Kier alpha value is -0.0800. The summed E-state index contributed by atoms with van der Waals surface area (Å²) in [5.74, 6) is 1.85. The van der Waals surface area contributed by atoms with E-state index in [0.717, 1.165) is 11.8 Å². The topological polar surface area (TPSA) is 6.48 Å². The van der Waals surface area contributed by atoms with Gasteiger partial charge in [0.1, 0.15) is 0 Å². The average Bonchev–Trinajstić information content (AvgIpc) is 2.96. The maximum absolute atomic E-state index is 3.00. The van der Waals surface area contributed by atoms with Crippen molar-refractivity contribution in [2.45, 2.75) is 201 Å². The Kier molecular flexibility index (Phi) is 32.8. The standard InChI is InChI=1S/C39H82N2/c1-7-11-15-19-21-26-32-38(30-24-17-13-9-3)36-41(35-29-23-28-34-40(5)6)37-39(31-25-18-14-10-4)33-27-22-20-16-12-8-2/h38-39H,7-37H2,1-6H3. The maximum Gasteiger partial charge on any atom is 0.000977 e. The van der Waals surface area contributed by atoms with E-state index in [-0.39, 0.29) is 0 Å². The van der Waals surface area contributed by atoms with E-state index in [1.54, 1.807) is 0 Å². The van der Waals surface area contributed by atoms with Gasteiger partial charge in [0.25, 0.3) is 0 Å². The van der Waals surface area contributed by atoms with Crippen LogP contribution in [0.4, 0.5) is 0 Å². The minimum absolute atomic E-state index is 0.926. The predicted molar refractivity (Wildman–Crippen MR) is 189 cm³/mol. The summed E-state index contributed by atoms with van der Waals surface area (Å²) >= 11 is 0. The fourth-order valence-electron chi connectivity index (χ4n) is 6.73. The van der Waals surface area contributed by atoms with Gasteiger partial charge in [-0.3, -0.25) is 0 Å². The Morgan fingerprint density at radius 3 is 1.00 bits per heavy atom. The third-order valence-corrected chi connectivity index (χ3v) is 9.48. The van der Waals surface area contributed by atoms with E-state index in [0.29, 0.717) is 0 Å². The van der Waals surface area contributed by atoms with Gasteiger partial charge in [0.2, 0.25) is 0 Å². The van der Waals surface area contributed by atoms with Gasteiger partial charge in [0.05, 0.1) is 0 Å². The van der Waals surface area contributed by atoms with Crippen LogP contribution < -0.4 is 0 Å². The number of nitrogens with zero attached hydrogens (tertiary/aromatic N) is 2. The first-order valence-electron chi connectivity index (χ1n) is 19.4. The molecule has 0 bridgehead atoms. The fraction of sp³-hybridized carbons (Fsp3) is 1.00. The van der Waals surface area contributed by atoms with Crippen molar-refractivity contribution >= 4 is 0 Å². The maximum atomic E-state index is 3.00. The summed E-state index contributed by atoms with van der Waals surface area (Å²) in [5.41, 5.74) is 0. The second kappa shape index (κ2) is 32.8. The summed E-state index contributed by atoms with van der Waals surface area (Å²) in [6.07, 6.45) is 38.8. The Morgan fingerprint density at radius 1 is 0.341 bits per heavy atom. The van der Waals surface area contributed by atoms with Gasteiger partial charge in [-0.15, -0.1) is 0 Å². The van der Waals surface area contributed by atoms with Crippen molar-refractivity contribution in [1.82, 2.24) is 9.80 Å². The lowest BCUT2D eigenvalue weighted by Crippen LogP contribution is -2.35. The van der Waals surface area contributed by atoms with Gasteiger partial charge in [-0.2, -0.15) is 0 Å². The molecule has 0 saturated carbocycles. The predicted octanol–water partition coefficient (Wildman–Crippen LogP) is 12.7.